The highest BCUT2D eigenvalue weighted by Crippen LogP contribution is 2.31. The van der Waals surface area contributed by atoms with Gasteiger partial charge >= 0.3 is 0 Å². The Morgan fingerprint density at radius 2 is 2.04 bits per heavy atom. The third kappa shape index (κ3) is 3.44. The van der Waals surface area contributed by atoms with Crippen molar-refractivity contribution >= 4 is 22.6 Å². The number of nitrogens with zero attached hydrogens (tertiary/aromatic N) is 3. The van der Waals surface area contributed by atoms with Crippen LogP contribution in [0.3, 0.4) is 0 Å². The van der Waals surface area contributed by atoms with E-state index in [1.807, 2.05) is 24.4 Å². The van der Waals surface area contributed by atoms with Gasteiger partial charge in [0.1, 0.15) is 0 Å². The Hall–Kier alpha value is -2.16. The van der Waals surface area contributed by atoms with Crippen LogP contribution in [-0.2, 0) is 4.79 Å². The van der Waals surface area contributed by atoms with Gasteiger partial charge in [-0.25, -0.2) is 9.47 Å². The summed E-state index contributed by atoms with van der Waals surface area (Å²) >= 11 is 0. The molecular formula is C19H23N3O. The van der Waals surface area contributed by atoms with E-state index < -0.39 is 0 Å². The molecule has 2 heterocycles. The Kier molecular flexibility index (Phi) is 4.20. The summed E-state index contributed by atoms with van der Waals surface area (Å²) in [5.74, 6) is 0. The monoisotopic (exact) mass is 309 g/mol. The Bertz CT molecular complexity index is 789. The second kappa shape index (κ2) is 6.15. The summed E-state index contributed by atoms with van der Waals surface area (Å²) in [7, 11) is 0. The highest BCUT2D eigenvalue weighted by molar-refractivity contribution is 5.93. The van der Waals surface area contributed by atoms with E-state index in [-0.39, 0.29) is 0 Å². The van der Waals surface area contributed by atoms with Gasteiger partial charge in [-0.2, -0.15) is 0 Å². The molecule has 0 unspecified atom stereocenters. The number of benzene rings is 1. The first kappa shape index (κ1) is 15.7. The van der Waals surface area contributed by atoms with E-state index in [1.54, 1.807) is 10.8 Å². The van der Waals surface area contributed by atoms with Crippen LogP contribution in [0.15, 0.2) is 41.6 Å². The fraction of sp³-hybridized carbons (Fsp3) is 0.421. The summed E-state index contributed by atoms with van der Waals surface area (Å²) < 4.78 is 1.63. The highest BCUT2D eigenvalue weighted by atomic mass is 16.1. The summed E-state index contributed by atoms with van der Waals surface area (Å²) in [6, 6.07) is 8.05. The van der Waals surface area contributed by atoms with E-state index in [4.69, 9.17) is 0 Å². The topological polar surface area (TPSA) is 37.6 Å². The van der Waals surface area contributed by atoms with Crippen molar-refractivity contribution < 1.29 is 4.79 Å². The third-order valence-electron chi connectivity index (χ3n) is 4.18. The second-order valence-electron chi connectivity index (χ2n) is 7.37. The predicted octanol–water partition coefficient (Wildman–Crippen LogP) is 3.88. The number of aromatic nitrogens is 1. The SMILES string of the molecule is CC(C)(C)CN1CC=C(c2cn(N=C=O)c3ccccc23)CC1. The van der Waals surface area contributed by atoms with Crippen LogP contribution in [0.4, 0.5) is 0 Å². The minimum atomic E-state index is 0.319. The largest absolute Gasteiger partial charge is 0.299 e. The molecule has 0 atom stereocenters. The Morgan fingerprint density at radius 1 is 1.26 bits per heavy atom. The number of fused-ring (bicyclic) bond motifs is 1. The van der Waals surface area contributed by atoms with Crippen LogP contribution in [0.2, 0.25) is 0 Å². The van der Waals surface area contributed by atoms with Crippen molar-refractivity contribution in [2.24, 2.45) is 10.5 Å². The Balaban J connectivity index is 1.91. The molecule has 0 aliphatic carbocycles. The van der Waals surface area contributed by atoms with Crippen molar-refractivity contribution in [3.63, 3.8) is 0 Å². The Morgan fingerprint density at radius 3 is 2.70 bits per heavy atom. The molecule has 2 aromatic rings. The van der Waals surface area contributed by atoms with Gasteiger partial charge in [-0.3, -0.25) is 4.90 Å². The highest BCUT2D eigenvalue weighted by Gasteiger charge is 2.20. The average molecular weight is 309 g/mol. The lowest BCUT2D eigenvalue weighted by Crippen LogP contribution is -2.35. The predicted molar refractivity (Wildman–Crippen MR) is 93.9 cm³/mol. The maximum absolute atomic E-state index is 10.6. The molecule has 1 aliphatic rings. The normalized spacial score (nSPS) is 16.2. The van der Waals surface area contributed by atoms with Crippen LogP contribution < -0.4 is 0 Å². The minimum Gasteiger partial charge on any atom is -0.299 e. The lowest BCUT2D eigenvalue weighted by Gasteiger charge is -2.32. The lowest BCUT2D eigenvalue weighted by atomic mass is 9.93. The molecule has 0 bridgehead atoms. The van der Waals surface area contributed by atoms with Crippen molar-refractivity contribution in [1.29, 1.82) is 0 Å². The molecule has 4 nitrogen and oxygen atoms in total. The van der Waals surface area contributed by atoms with Gasteiger partial charge in [-0.05, 0) is 23.5 Å². The van der Waals surface area contributed by atoms with Gasteiger partial charge in [-0.1, -0.05) is 50.1 Å². The molecule has 0 saturated heterocycles. The number of hydrogen-bond donors (Lipinski definition) is 0. The molecule has 4 heteroatoms. The average Bonchev–Trinajstić information content (AvgIpc) is 2.86. The summed E-state index contributed by atoms with van der Waals surface area (Å²) in [6.07, 6.45) is 6.91. The molecule has 23 heavy (non-hydrogen) atoms. The van der Waals surface area contributed by atoms with E-state index in [9.17, 15) is 4.79 Å². The molecule has 0 fully saturated rings. The van der Waals surface area contributed by atoms with E-state index in [2.05, 4.69) is 42.9 Å². The number of rotatable bonds is 3. The Labute approximate surface area is 137 Å². The minimum absolute atomic E-state index is 0.319. The molecule has 3 rings (SSSR count). The molecule has 1 aromatic carbocycles. The molecule has 0 saturated carbocycles. The van der Waals surface area contributed by atoms with Crippen LogP contribution in [-0.4, -0.2) is 35.3 Å². The molecule has 1 aromatic heterocycles. The zero-order chi connectivity index (χ0) is 16.4. The van der Waals surface area contributed by atoms with Gasteiger partial charge in [0.2, 0.25) is 0 Å². The van der Waals surface area contributed by atoms with Gasteiger partial charge < -0.3 is 0 Å². The van der Waals surface area contributed by atoms with Crippen LogP contribution in [0.1, 0.15) is 32.8 Å². The summed E-state index contributed by atoms with van der Waals surface area (Å²) in [4.78, 5) is 13.1. The second-order valence-corrected chi connectivity index (χ2v) is 7.37. The van der Waals surface area contributed by atoms with Crippen LogP contribution >= 0.6 is 0 Å². The number of isocyanates is 1. The van der Waals surface area contributed by atoms with E-state index in [0.717, 1.165) is 37.0 Å². The quantitative estimate of drug-likeness (QED) is 0.637. The molecule has 0 radical (unpaired) electrons. The van der Waals surface area contributed by atoms with Crippen molar-refractivity contribution in [2.75, 3.05) is 19.6 Å². The first-order chi connectivity index (χ1) is 11.0. The zero-order valence-corrected chi connectivity index (χ0v) is 14.0. The zero-order valence-electron chi connectivity index (χ0n) is 14.0. The number of carbonyl (C=O) groups excluding carboxylic acids is 1. The molecule has 0 N–H and O–H groups in total. The standard InChI is InChI=1S/C19H23N3O/c1-19(2,3)13-21-10-8-15(9-11-21)17-12-22(20-14-23)18-7-5-4-6-16(17)18/h4-8,12H,9-11,13H2,1-3H3. The number of para-hydroxylation sites is 1. The van der Waals surface area contributed by atoms with Gasteiger partial charge in [-0.15, -0.1) is 0 Å². The van der Waals surface area contributed by atoms with E-state index in [1.165, 1.54) is 11.1 Å². The van der Waals surface area contributed by atoms with Gasteiger partial charge in [0, 0.05) is 36.8 Å². The molecule has 120 valence electrons. The smallest absolute Gasteiger partial charge is 0.258 e. The first-order valence-corrected chi connectivity index (χ1v) is 8.08. The fourth-order valence-corrected chi connectivity index (χ4v) is 3.32. The maximum atomic E-state index is 10.6. The van der Waals surface area contributed by atoms with Gasteiger partial charge in [0.25, 0.3) is 6.08 Å². The summed E-state index contributed by atoms with van der Waals surface area (Å²) in [5.41, 5.74) is 3.78. The van der Waals surface area contributed by atoms with E-state index in [0.29, 0.717) is 5.41 Å². The van der Waals surface area contributed by atoms with Crippen molar-refractivity contribution in [3.05, 3.63) is 42.1 Å². The van der Waals surface area contributed by atoms with Crippen LogP contribution in [0.5, 0.6) is 0 Å². The molecule has 0 amide bonds. The van der Waals surface area contributed by atoms with Crippen molar-refractivity contribution in [3.8, 4) is 0 Å². The first-order valence-electron chi connectivity index (χ1n) is 8.08. The molecule has 0 spiro atoms. The lowest BCUT2D eigenvalue weighted by molar-refractivity contribution is 0.207. The van der Waals surface area contributed by atoms with Gasteiger partial charge in [0.05, 0.1) is 5.52 Å². The van der Waals surface area contributed by atoms with Crippen molar-refractivity contribution in [1.82, 2.24) is 9.58 Å². The van der Waals surface area contributed by atoms with Crippen LogP contribution in [0, 0.1) is 5.41 Å². The summed E-state index contributed by atoms with van der Waals surface area (Å²) in [6.45, 7) is 9.97. The molecule has 1 aliphatic heterocycles. The van der Waals surface area contributed by atoms with Gasteiger partial charge in [0.15, 0.2) is 0 Å². The van der Waals surface area contributed by atoms with Crippen molar-refractivity contribution in [2.45, 2.75) is 27.2 Å². The molecular weight excluding hydrogens is 286 g/mol. The maximum Gasteiger partial charge on any atom is 0.258 e. The number of hydrogen-bond acceptors (Lipinski definition) is 3. The third-order valence-corrected chi connectivity index (χ3v) is 4.18. The van der Waals surface area contributed by atoms with Crippen LogP contribution in [0.25, 0.3) is 16.5 Å². The fourth-order valence-electron chi connectivity index (χ4n) is 3.32. The summed E-state index contributed by atoms with van der Waals surface area (Å²) in [5, 5.41) is 4.93. The van der Waals surface area contributed by atoms with E-state index >= 15 is 0 Å².